The van der Waals surface area contributed by atoms with Crippen molar-refractivity contribution in [1.82, 2.24) is 15.5 Å². The second kappa shape index (κ2) is 13.2. The minimum Gasteiger partial charge on any atom is -0.349 e. The molecule has 3 atom stereocenters. The van der Waals surface area contributed by atoms with Crippen molar-refractivity contribution in [3.8, 4) is 0 Å². The van der Waals surface area contributed by atoms with Crippen LogP contribution >= 0.6 is 0 Å². The molecule has 0 spiro atoms. The Morgan fingerprint density at radius 2 is 1.66 bits per heavy atom. The number of hydrogen-bond donors (Lipinski definition) is 2. The van der Waals surface area contributed by atoms with Gasteiger partial charge in [0.05, 0.1) is 18.5 Å². The molecule has 1 saturated carbocycles. The third-order valence-electron chi connectivity index (χ3n) is 7.96. The molecule has 6 nitrogen and oxygen atoms in total. The molecule has 204 valence electrons. The highest BCUT2D eigenvalue weighted by atomic mass is 16.2. The topological polar surface area (TPSA) is 78.5 Å². The number of aryl methyl sites for hydroxylation is 2. The summed E-state index contributed by atoms with van der Waals surface area (Å²) in [4.78, 5) is 42.2. The van der Waals surface area contributed by atoms with Crippen molar-refractivity contribution in [2.24, 2.45) is 11.8 Å². The lowest BCUT2D eigenvalue weighted by Gasteiger charge is -2.33. The SMILES string of the molecule is Cc1ccc(C(=O)N[C@H]2CCCC[C@H]2C(=O)N[C@@H](CC(C)C)C(=O)CN2CCCc3ccccc3C2)cc1. The zero-order valence-corrected chi connectivity index (χ0v) is 23.2. The molecule has 0 saturated heterocycles. The van der Waals surface area contributed by atoms with Gasteiger partial charge in [0.25, 0.3) is 5.91 Å². The Morgan fingerprint density at radius 3 is 2.39 bits per heavy atom. The van der Waals surface area contributed by atoms with Crippen LogP contribution in [-0.2, 0) is 22.6 Å². The van der Waals surface area contributed by atoms with Crippen molar-refractivity contribution in [3.63, 3.8) is 0 Å². The molecule has 6 heteroatoms. The van der Waals surface area contributed by atoms with E-state index in [2.05, 4.69) is 53.6 Å². The van der Waals surface area contributed by atoms with Gasteiger partial charge in [-0.05, 0) is 74.8 Å². The van der Waals surface area contributed by atoms with Gasteiger partial charge in [-0.1, -0.05) is 68.7 Å². The van der Waals surface area contributed by atoms with Crippen LogP contribution in [0.1, 0.15) is 79.4 Å². The number of benzene rings is 2. The largest absolute Gasteiger partial charge is 0.349 e. The number of carbonyl (C=O) groups excluding carboxylic acids is 3. The summed E-state index contributed by atoms with van der Waals surface area (Å²) in [5, 5.41) is 6.24. The van der Waals surface area contributed by atoms with Gasteiger partial charge in [0.2, 0.25) is 5.91 Å². The molecule has 1 aliphatic carbocycles. The Morgan fingerprint density at radius 1 is 0.947 bits per heavy atom. The Labute approximate surface area is 227 Å². The molecule has 1 fully saturated rings. The Hall–Kier alpha value is -2.99. The van der Waals surface area contributed by atoms with Crippen molar-refractivity contribution in [2.75, 3.05) is 13.1 Å². The molecule has 38 heavy (non-hydrogen) atoms. The van der Waals surface area contributed by atoms with E-state index in [-0.39, 0.29) is 35.5 Å². The van der Waals surface area contributed by atoms with E-state index in [9.17, 15) is 14.4 Å². The molecule has 0 bridgehead atoms. The predicted octanol–water partition coefficient (Wildman–Crippen LogP) is 4.83. The Balaban J connectivity index is 1.40. The van der Waals surface area contributed by atoms with E-state index >= 15 is 0 Å². The number of hydrogen-bond acceptors (Lipinski definition) is 4. The normalized spacial score (nSPS) is 20.7. The maximum atomic E-state index is 13.6. The summed E-state index contributed by atoms with van der Waals surface area (Å²) in [7, 11) is 0. The van der Waals surface area contributed by atoms with E-state index in [0.29, 0.717) is 18.5 Å². The quantitative estimate of drug-likeness (QED) is 0.499. The van der Waals surface area contributed by atoms with Crippen LogP contribution in [0.3, 0.4) is 0 Å². The summed E-state index contributed by atoms with van der Waals surface area (Å²) < 4.78 is 0. The second-order valence-corrected chi connectivity index (χ2v) is 11.6. The Bertz CT molecular complexity index is 1110. The fourth-order valence-electron chi connectivity index (χ4n) is 5.83. The molecule has 2 N–H and O–H groups in total. The molecule has 4 rings (SSSR count). The van der Waals surface area contributed by atoms with Crippen LogP contribution in [0.25, 0.3) is 0 Å². The van der Waals surface area contributed by atoms with Gasteiger partial charge in [0, 0.05) is 18.2 Å². The van der Waals surface area contributed by atoms with Gasteiger partial charge in [-0.3, -0.25) is 19.3 Å². The number of Topliss-reactive ketones (excluding diaryl/α,β-unsaturated/α-hetero) is 1. The van der Waals surface area contributed by atoms with Crippen molar-refractivity contribution < 1.29 is 14.4 Å². The first-order valence-corrected chi connectivity index (χ1v) is 14.3. The number of amides is 2. The van der Waals surface area contributed by atoms with Crippen LogP contribution in [0.4, 0.5) is 0 Å². The van der Waals surface area contributed by atoms with Crippen LogP contribution in [0.5, 0.6) is 0 Å². The molecule has 1 heterocycles. The summed E-state index contributed by atoms with van der Waals surface area (Å²) >= 11 is 0. The highest BCUT2D eigenvalue weighted by Gasteiger charge is 2.34. The van der Waals surface area contributed by atoms with Crippen molar-refractivity contribution in [1.29, 1.82) is 0 Å². The van der Waals surface area contributed by atoms with Gasteiger partial charge in [0.15, 0.2) is 5.78 Å². The third-order valence-corrected chi connectivity index (χ3v) is 7.96. The zero-order chi connectivity index (χ0) is 27.1. The Kier molecular flexibility index (Phi) is 9.73. The zero-order valence-electron chi connectivity index (χ0n) is 23.2. The summed E-state index contributed by atoms with van der Waals surface area (Å²) in [5.74, 6) is -0.240. The highest BCUT2D eigenvalue weighted by Crippen LogP contribution is 2.26. The number of nitrogens with zero attached hydrogens (tertiary/aromatic N) is 1. The fraction of sp³-hybridized carbons (Fsp3) is 0.531. The van der Waals surface area contributed by atoms with Crippen LogP contribution in [0.15, 0.2) is 48.5 Å². The summed E-state index contributed by atoms with van der Waals surface area (Å²) in [6.07, 6.45) is 6.09. The van der Waals surface area contributed by atoms with Crippen molar-refractivity contribution >= 4 is 17.6 Å². The lowest BCUT2D eigenvalue weighted by Crippen LogP contribution is -2.53. The number of nitrogens with one attached hydrogen (secondary N) is 2. The fourth-order valence-corrected chi connectivity index (χ4v) is 5.83. The van der Waals surface area contributed by atoms with Crippen LogP contribution < -0.4 is 10.6 Å². The van der Waals surface area contributed by atoms with Gasteiger partial charge in [-0.2, -0.15) is 0 Å². The van der Waals surface area contributed by atoms with Gasteiger partial charge >= 0.3 is 0 Å². The molecule has 0 aromatic heterocycles. The molecular weight excluding hydrogens is 474 g/mol. The third kappa shape index (κ3) is 7.53. The number of ketones is 1. The monoisotopic (exact) mass is 517 g/mol. The molecule has 1 aliphatic heterocycles. The van der Waals surface area contributed by atoms with Gasteiger partial charge in [-0.15, -0.1) is 0 Å². The number of rotatable bonds is 9. The van der Waals surface area contributed by atoms with E-state index in [4.69, 9.17) is 0 Å². The number of carbonyl (C=O) groups is 3. The smallest absolute Gasteiger partial charge is 0.251 e. The first-order chi connectivity index (χ1) is 18.3. The van der Waals surface area contributed by atoms with Gasteiger partial charge in [0.1, 0.15) is 0 Å². The summed E-state index contributed by atoms with van der Waals surface area (Å²) in [6.45, 7) is 8.13. The molecule has 2 amide bonds. The standard InChI is InChI=1S/C32H43N3O3/c1-22(2)19-29(30(36)21-35-18-8-11-24-9-4-5-10-26(24)20-35)34-32(38)27-12-6-7-13-28(27)33-31(37)25-16-14-23(3)15-17-25/h4-5,9-10,14-17,22,27-29H,6-8,11-13,18-21H2,1-3H3,(H,33,37)(H,34,38)/t27-,28+,29+/m1/s1. The average Bonchev–Trinajstić information content (AvgIpc) is 3.10. The van der Waals surface area contributed by atoms with Crippen molar-refractivity contribution in [2.45, 2.75) is 84.3 Å². The lowest BCUT2D eigenvalue weighted by atomic mass is 9.83. The highest BCUT2D eigenvalue weighted by molar-refractivity contribution is 5.95. The maximum absolute atomic E-state index is 13.6. The van der Waals surface area contributed by atoms with Crippen LogP contribution in [-0.4, -0.2) is 47.7 Å². The molecule has 2 aromatic carbocycles. The second-order valence-electron chi connectivity index (χ2n) is 11.6. The molecule has 0 unspecified atom stereocenters. The van der Waals surface area contributed by atoms with Gasteiger partial charge in [-0.25, -0.2) is 0 Å². The predicted molar refractivity (Wildman–Crippen MR) is 151 cm³/mol. The average molecular weight is 518 g/mol. The van der Waals surface area contributed by atoms with E-state index < -0.39 is 6.04 Å². The molecular formula is C32H43N3O3. The van der Waals surface area contributed by atoms with Crippen LogP contribution in [0.2, 0.25) is 0 Å². The van der Waals surface area contributed by atoms with E-state index in [1.54, 1.807) is 0 Å². The maximum Gasteiger partial charge on any atom is 0.251 e. The lowest BCUT2D eigenvalue weighted by molar-refractivity contribution is -0.132. The molecule has 2 aromatic rings. The minimum atomic E-state index is -0.517. The molecule has 0 radical (unpaired) electrons. The van der Waals surface area contributed by atoms with Crippen LogP contribution in [0, 0.1) is 18.8 Å². The van der Waals surface area contributed by atoms with E-state index in [1.807, 2.05) is 31.2 Å². The first-order valence-electron chi connectivity index (χ1n) is 14.3. The summed E-state index contributed by atoms with van der Waals surface area (Å²) in [5.41, 5.74) is 4.36. The minimum absolute atomic E-state index is 0.0717. The first kappa shape index (κ1) is 28.0. The van der Waals surface area contributed by atoms with E-state index in [1.165, 1.54) is 11.1 Å². The van der Waals surface area contributed by atoms with Gasteiger partial charge < -0.3 is 10.6 Å². The summed E-state index contributed by atoms with van der Waals surface area (Å²) in [6, 6.07) is 15.2. The van der Waals surface area contributed by atoms with E-state index in [0.717, 1.165) is 57.2 Å². The molecule has 2 aliphatic rings. The number of fused-ring (bicyclic) bond motifs is 1. The van der Waals surface area contributed by atoms with Crippen molar-refractivity contribution in [3.05, 3.63) is 70.8 Å².